The van der Waals surface area contributed by atoms with E-state index in [1.54, 1.807) is 4.90 Å². The molecule has 0 aliphatic carbocycles. The van der Waals surface area contributed by atoms with Gasteiger partial charge in [0.2, 0.25) is 11.8 Å². The molecule has 0 saturated carbocycles. The highest BCUT2D eigenvalue weighted by Gasteiger charge is 2.26. The molecule has 4 rings (SSSR count). The highest BCUT2D eigenvalue weighted by Crippen LogP contribution is 2.28. The van der Waals surface area contributed by atoms with Gasteiger partial charge in [-0.3, -0.25) is 14.5 Å². The van der Waals surface area contributed by atoms with Crippen LogP contribution in [0.25, 0.3) is 11.4 Å². The lowest BCUT2D eigenvalue weighted by atomic mass is 10.1. The molecule has 3 aromatic rings. The molecule has 1 aliphatic rings. The van der Waals surface area contributed by atoms with Crippen molar-refractivity contribution < 1.29 is 9.59 Å². The Morgan fingerprint density at radius 3 is 2.73 bits per heavy atom. The van der Waals surface area contributed by atoms with Gasteiger partial charge < -0.3 is 9.88 Å². The van der Waals surface area contributed by atoms with Gasteiger partial charge in [-0.15, -0.1) is 0 Å². The molecule has 1 aliphatic heterocycles. The predicted octanol–water partition coefficient (Wildman–Crippen LogP) is 3.28. The second-order valence-corrected chi connectivity index (χ2v) is 7.71. The number of nitrogens with zero attached hydrogens (tertiary/aromatic N) is 4. The monoisotopic (exact) mass is 405 g/mol. The van der Waals surface area contributed by atoms with Crippen molar-refractivity contribution in [2.24, 2.45) is 7.05 Å². The summed E-state index contributed by atoms with van der Waals surface area (Å²) < 4.78 is 3.90. The SMILES string of the molecule is C[C@H](NC(=O)CCCN1C(=O)CCn2nc(-c3cccn3C)cc21)c1ccccc1. The minimum atomic E-state index is -0.0374. The number of anilines is 1. The third-order valence-corrected chi connectivity index (χ3v) is 5.54. The van der Waals surface area contributed by atoms with Crippen LogP contribution in [0.2, 0.25) is 0 Å². The van der Waals surface area contributed by atoms with Crippen molar-refractivity contribution >= 4 is 17.6 Å². The summed E-state index contributed by atoms with van der Waals surface area (Å²) in [7, 11) is 1.98. The zero-order chi connectivity index (χ0) is 21.1. The van der Waals surface area contributed by atoms with Crippen LogP contribution in [0.3, 0.4) is 0 Å². The first kappa shape index (κ1) is 19.9. The number of hydrogen-bond donors (Lipinski definition) is 1. The van der Waals surface area contributed by atoms with Crippen molar-refractivity contribution in [3.63, 3.8) is 0 Å². The first-order valence-electron chi connectivity index (χ1n) is 10.4. The number of aryl methyl sites for hydroxylation is 2. The van der Waals surface area contributed by atoms with Crippen LogP contribution in [0.15, 0.2) is 54.7 Å². The zero-order valence-corrected chi connectivity index (χ0v) is 17.4. The fraction of sp³-hybridized carbons (Fsp3) is 0.348. The number of amides is 2. The smallest absolute Gasteiger partial charge is 0.229 e. The van der Waals surface area contributed by atoms with Crippen molar-refractivity contribution in [3.8, 4) is 11.4 Å². The van der Waals surface area contributed by atoms with Gasteiger partial charge in [-0.25, -0.2) is 4.68 Å². The molecule has 30 heavy (non-hydrogen) atoms. The van der Waals surface area contributed by atoms with Gasteiger partial charge >= 0.3 is 0 Å². The van der Waals surface area contributed by atoms with Gasteiger partial charge in [-0.2, -0.15) is 5.10 Å². The van der Waals surface area contributed by atoms with E-state index in [1.165, 1.54) is 0 Å². The molecule has 3 heterocycles. The van der Waals surface area contributed by atoms with E-state index in [1.807, 2.05) is 77.9 Å². The fourth-order valence-electron chi connectivity index (χ4n) is 3.88. The quantitative estimate of drug-likeness (QED) is 0.656. The molecular formula is C23H27N5O2. The number of benzene rings is 1. The minimum absolute atomic E-state index is 0.00572. The van der Waals surface area contributed by atoms with E-state index in [-0.39, 0.29) is 17.9 Å². The number of fused-ring (bicyclic) bond motifs is 1. The number of hydrogen-bond acceptors (Lipinski definition) is 3. The van der Waals surface area contributed by atoms with Gasteiger partial charge in [0.05, 0.1) is 18.3 Å². The molecule has 0 radical (unpaired) electrons. The number of rotatable bonds is 7. The van der Waals surface area contributed by atoms with E-state index >= 15 is 0 Å². The Morgan fingerprint density at radius 2 is 2.00 bits per heavy atom. The largest absolute Gasteiger partial charge is 0.350 e. The van der Waals surface area contributed by atoms with E-state index in [9.17, 15) is 9.59 Å². The van der Waals surface area contributed by atoms with Crippen LogP contribution in [-0.2, 0) is 23.2 Å². The van der Waals surface area contributed by atoms with Crippen LogP contribution in [0.5, 0.6) is 0 Å². The maximum atomic E-state index is 12.5. The highest BCUT2D eigenvalue weighted by atomic mass is 16.2. The Balaban J connectivity index is 1.37. The lowest BCUT2D eigenvalue weighted by molar-refractivity contribution is -0.122. The second kappa shape index (κ2) is 8.57. The summed E-state index contributed by atoms with van der Waals surface area (Å²) in [6.45, 7) is 3.07. The first-order valence-corrected chi connectivity index (χ1v) is 10.4. The van der Waals surface area contributed by atoms with Crippen LogP contribution in [-0.4, -0.2) is 32.7 Å². The van der Waals surface area contributed by atoms with Gasteiger partial charge in [0, 0.05) is 38.7 Å². The number of carbonyl (C=O) groups is 2. The molecule has 0 unspecified atom stereocenters. The van der Waals surface area contributed by atoms with Crippen molar-refractivity contribution in [3.05, 3.63) is 60.3 Å². The zero-order valence-electron chi connectivity index (χ0n) is 17.4. The van der Waals surface area contributed by atoms with Crippen molar-refractivity contribution in [1.82, 2.24) is 19.7 Å². The van der Waals surface area contributed by atoms with Crippen LogP contribution in [0.4, 0.5) is 5.82 Å². The Labute approximate surface area is 176 Å². The minimum Gasteiger partial charge on any atom is -0.350 e. The summed E-state index contributed by atoms with van der Waals surface area (Å²) in [6, 6.07) is 15.8. The average Bonchev–Trinajstić information content (AvgIpc) is 3.36. The van der Waals surface area contributed by atoms with E-state index in [2.05, 4.69) is 10.4 Å². The van der Waals surface area contributed by atoms with Crippen molar-refractivity contribution in [2.45, 2.75) is 38.8 Å². The van der Waals surface area contributed by atoms with Crippen molar-refractivity contribution in [1.29, 1.82) is 0 Å². The number of nitrogens with one attached hydrogen (secondary N) is 1. The van der Waals surface area contributed by atoms with E-state index in [0.29, 0.717) is 32.4 Å². The van der Waals surface area contributed by atoms with Crippen LogP contribution in [0, 0.1) is 0 Å². The summed E-state index contributed by atoms with van der Waals surface area (Å²) in [5.74, 6) is 0.883. The van der Waals surface area contributed by atoms with Gasteiger partial charge in [0.1, 0.15) is 11.5 Å². The topological polar surface area (TPSA) is 72.2 Å². The van der Waals surface area contributed by atoms with E-state index in [4.69, 9.17) is 0 Å². The van der Waals surface area contributed by atoms with Gasteiger partial charge in [-0.05, 0) is 31.0 Å². The lowest BCUT2D eigenvalue weighted by Crippen LogP contribution is -2.38. The summed E-state index contributed by atoms with van der Waals surface area (Å²) in [5, 5.41) is 7.71. The number of carbonyl (C=O) groups excluding carboxylic acids is 2. The summed E-state index contributed by atoms with van der Waals surface area (Å²) in [4.78, 5) is 26.7. The third kappa shape index (κ3) is 4.15. The second-order valence-electron chi connectivity index (χ2n) is 7.71. The molecule has 7 nitrogen and oxygen atoms in total. The molecule has 156 valence electrons. The molecule has 0 fully saturated rings. The number of aromatic nitrogens is 3. The van der Waals surface area contributed by atoms with Crippen molar-refractivity contribution in [2.75, 3.05) is 11.4 Å². The van der Waals surface area contributed by atoms with Crippen LogP contribution < -0.4 is 10.2 Å². The lowest BCUT2D eigenvalue weighted by Gasteiger charge is -2.27. The van der Waals surface area contributed by atoms with E-state index in [0.717, 1.165) is 22.8 Å². The molecule has 1 atom stereocenters. The van der Waals surface area contributed by atoms with E-state index < -0.39 is 0 Å². The molecule has 1 N–H and O–H groups in total. The Bertz CT molecular complexity index is 1040. The molecule has 0 spiro atoms. The molecule has 0 bridgehead atoms. The molecular weight excluding hydrogens is 378 g/mol. The van der Waals surface area contributed by atoms with Crippen LogP contribution >= 0.6 is 0 Å². The highest BCUT2D eigenvalue weighted by molar-refractivity contribution is 5.94. The van der Waals surface area contributed by atoms with Gasteiger partial charge in [0.15, 0.2) is 0 Å². The fourth-order valence-corrected chi connectivity index (χ4v) is 3.88. The normalized spacial score (nSPS) is 14.5. The first-order chi connectivity index (χ1) is 14.5. The van der Waals surface area contributed by atoms with Gasteiger partial charge in [0.25, 0.3) is 0 Å². The molecule has 2 amide bonds. The summed E-state index contributed by atoms with van der Waals surface area (Å²) in [5.41, 5.74) is 2.94. The Hall–Kier alpha value is -3.35. The summed E-state index contributed by atoms with van der Waals surface area (Å²) >= 11 is 0. The predicted molar refractivity (Wildman–Crippen MR) is 116 cm³/mol. The van der Waals surface area contributed by atoms with Crippen LogP contribution in [0.1, 0.15) is 37.8 Å². The molecule has 1 aromatic carbocycles. The molecule has 0 saturated heterocycles. The molecule has 7 heteroatoms. The maximum absolute atomic E-state index is 12.5. The average molecular weight is 406 g/mol. The Kier molecular flexibility index (Phi) is 5.70. The van der Waals surface area contributed by atoms with Gasteiger partial charge in [-0.1, -0.05) is 30.3 Å². The summed E-state index contributed by atoms with van der Waals surface area (Å²) in [6.07, 6.45) is 3.38. The Morgan fingerprint density at radius 1 is 1.20 bits per heavy atom. The molecule has 2 aromatic heterocycles. The maximum Gasteiger partial charge on any atom is 0.229 e. The third-order valence-electron chi connectivity index (χ3n) is 5.54. The standard InChI is InChI=1S/C23H27N5O2/c1-17(18-8-4-3-5-9-18)24-21(29)11-7-14-27-22-16-19(20-10-6-13-26(20)2)25-28(22)15-12-23(27)30/h3-6,8-10,13,16-17H,7,11-12,14-15H2,1-2H3,(H,24,29)/t17-/m0/s1.